The van der Waals surface area contributed by atoms with E-state index < -0.39 is 0 Å². The van der Waals surface area contributed by atoms with Crippen molar-refractivity contribution in [1.29, 1.82) is 0 Å². The highest BCUT2D eigenvalue weighted by Gasteiger charge is 2.30. The third-order valence-corrected chi connectivity index (χ3v) is 4.78. The van der Waals surface area contributed by atoms with Gasteiger partial charge in [0.05, 0.1) is 26.2 Å². The maximum Gasteiger partial charge on any atom is 0.282 e. The molecule has 0 unspecified atom stereocenters. The topological polar surface area (TPSA) is 79.6 Å². The molecule has 1 aromatic heterocycles. The highest BCUT2D eigenvalue weighted by atomic mass is 16.2. The molecule has 0 bridgehead atoms. The fourth-order valence-corrected chi connectivity index (χ4v) is 3.13. The van der Waals surface area contributed by atoms with Crippen LogP contribution < -0.4 is 15.1 Å². The van der Waals surface area contributed by atoms with E-state index in [1.54, 1.807) is 42.7 Å². The number of ketones is 1. The molecule has 0 spiro atoms. The van der Waals surface area contributed by atoms with Gasteiger partial charge in [-0.3, -0.25) is 9.59 Å². The number of benzene rings is 1. The van der Waals surface area contributed by atoms with Crippen molar-refractivity contribution in [3.63, 3.8) is 0 Å². The summed E-state index contributed by atoms with van der Waals surface area (Å²) in [6, 6.07) is 8.68. The van der Waals surface area contributed by atoms with Crippen molar-refractivity contribution in [2.24, 2.45) is 0 Å². The molecule has 26 heavy (non-hydrogen) atoms. The van der Waals surface area contributed by atoms with Crippen molar-refractivity contribution in [1.82, 2.24) is 9.97 Å². The van der Waals surface area contributed by atoms with Crippen LogP contribution in [0.15, 0.2) is 42.7 Å². The fraction of sp³-hybridized carbons (Fsp3) is 0.368. The molecule has 0 saturated carbocycles. The number of amides is 1. The lowest BCUT2D eigenvalue weighted by atomic mass is 10.1. The van der Waals surface area contributed by atoms with E-state index in [1.165, 1.54) is 11.8 Å². The van der Waals surface area contributed by atoms with E-state index in [0.29, 0.717) is 11.3 Å². The Morgan fingerprint density at radius 2 is 1.85 bits per heavy atom. The van der Waals surface area contributed by atoms with Crippen LogP contribution in [0.4, 0.5) is 11.6 Å². The predicted octanol–water partition coefficient (Wildman–Crippen LogP) is 0.411. The number of hydrogen-bond acceptors (Lipinski definition) is 5. The SMILES string of the molecule is CC(=O)c1cccc(NC(=O)[C@H](C)[NH+]2CCN(c3ncccn3)CC2)c1. The van der Waals surface area contributed by atoms with E-state index in [4.69, 9.17) is 0 Å². The number of nitrogens with zero attached hydrogens (tertiary/aromatic N) is 3. The molecule has 1 aromatic carbocycles. The van der Waals surface area contributed by atoms with Gasteiger partial charge in [-0.05, 0) is 32.0 Å². The van der Waals surface area contributed by atoms with Crippen LogP contribution >= 0.6 is 0 Å². The maximum absolute atomic E-state index is 12.6. The Labute approximate surface area is 153 Å². The Kier molecular flexibility index (Phi) is 5.58. The normalized spacial score (nSPS) is 16.2. The van der Waals surface area contributed by atoms with Crippen LogP contribution in [0.3, 0.4) is 0 Å². The zero-order valence-corrected chi connectivity index (χ0v) is 15.1. The Morgan fingerprint density at radius 1 is 1.15 bits per heavy atom. The zero-order chi connectivity index (χ0) is 18.5. The third-order valence-electron chi connectivity index (χ3n) is 4.78. The molecule has 1 atom stereocenters. The number of hydrogen-bond donors (Lipinski definition) is 2. The van der Waals surface area contributed by atoms with Crippen LogP contribution in [-0.4, -0.2) is 53.9 Å². The number of anilines is 2. The number of carbonyl (C=O) groups is 2. The summed E-state index contributed by atoms with van der Waals surface area (Å²) >= 11 is 0. The summed E-state index contributed by atoms with van der Waals surface area (Å²) in [4.78, 5) is 36.0. The second kappa shape index (κ2) is 8.05. The average molecular weight is 354 g/mol. The van der Waals surface area contributed by atoms with Crippen molar-refractivity contribution < 1.29 is 14.5 Å². The van der Waals surface area contributed by atoms with Crippen LogP contribution in [-0.2, 0) is 4.79 Å². The number of rotatable bonds is 5. The zero-order valence-electron chi connectivity index (χ0n) is 15.1. The molecule has 1 fully saturated rings. The molecular weight excluding hydrogens is 330 g/mol. The predicted molar refractivity (Wildman–Crippen MR) is 99.5 cm³/mol. The molecule has 2 heterocycles. The van der Waals surface area contributed by atoms with E-state index in [0.717, 1.165) is 32.1 Å². The van der Waals surface area contributed by atoms with Crippen molar-refractivity contribution in [3.8, 4) is 0 Å². The van der Waals surface area contributed by atoms with Gasteiger partial charge in [0.15, 0.2) is 11.8 Å². The largest absolute Gasteiger partial charge is 0.330 e. The molecule has 0 radical (unpaired) electrons. The number of carbonyl (C=O) groups excluding carboxylic acids is 2. The summed E-state index contributed by atoms with van der Waals surface area (Å²) in [5, 5.41) is 2.93. The van der Waals surface area contributed by atoms with Gasteiger partial charge in [-0.1, -0.05) is 12.1 Å². The van der Waals surface area contributed by atoms with Crippen LogP contribution in [0.25, 0.3) is 0 Å². The average Bonchev–Trinajstić information content (AvgIpc) is 2.68. The lowest BCUT2D eigenvalue weighted by Gasteiger charge is -2.34. The third kappa shape index (κ3) is 4.23. The molecule has 1 saturated heterocycles. The highest BCUT2D eigenvalue weighted by Crippen LogP contribution is 2.11. The van der Waals surface area contributed by atoms with Crippen LogP contribution in [0.1, 0.15) is 24.2 Å². The van der Waals surface area contributed by atoms with Gasteiger partial charge in [-0.15, -0.1) is 0 Å². The van der Waals surface area contributed by atoms with E-state index in [-0.39, 0.29) is 17.7 Å². The van der Waals surface area contributed by atoms with E-state index in [9.17, 15) is 9.59 Å². The molecule has 3 rings (SSSR count). The van der Waals surface area contributed by atoms with E-state index in [2.05, 4.69) is 20.2 Å². The number of piperazine rings is 1. The number of quaternary nitrogens is 1. The second-order valence-corrected chi connectivity index (χ2v) is 6.54. The minimum absolute atomic E-state index is 0.0148. The Bertz CT molecular complexity index is 773. The molecule has 1 aliphatic rings. The van der Waals surface area contributed by atoms with E-state index >= 15 is 0 Å². The summed E-state index contributed by atoms with van der Waals surface area (Å²) < 4.78 is 0. The quantitative estimate of drug-likeness (QED) is 0.761. The van der Waals surface area contributed by atoms with E-state index in [1.807, 2.05) is 6.92 Å². The summed E-state index contributed by atoms with van der Waals surface area (Å²) in [6.07, 6.45) is 3.49. The standard InChI is InChI=1S/C19H23N5O2/c1-14(18(26)22-17-6-3-5-16(13-17)15(2)25)23-9-11-24(12-10-23)19-20-7-4-8-21-19/h3-8,13-14H,9-12H2,1-2H3,(H,22,26)/p+1/t14-/m0/s1. The van der Waals surface area contributed by atoms with Crippen molar-refractivity contribution >= 4 is 23.3 Å². The van der Waals surface area contributed by atoms with Gasteiger partial charge in [0.2, 0.25) is 5.95 Å². The molecule has 2 N–H and O–H groups in total. The van der Waals surface area contributed by atoms with Crippen LogP contribution in [0.5, 0.6) is 0 Å². The minimum Gasteiger partial charge on any atom is -0.330 e. The van der Waals surface area contributed by atoms with Gasteiger partial charge in [0, 0.05) is 23.6 Å². The number of aromatic nitrogens is 2. The van der Waals surface area contributed by atoms with Gasteiger partial charge in [0.25, 0.3) is 5.91 Å². The molecule has 7 heteroatoms. The summed E-state index contributed by atoms with van der Waals surface area (Å²) in [5.41, 5.74) is 1.25. The Balaban J connectivity index is 1.56. The minimum atomic E-state index is -0.171. The first-order chi connectivity index (χ1) is 12.5. The lowest BCUT2D eigenvalue weighted by molar-refractivity contribution is -0.914. The van der Waals surface area contributed by atoms with Crippen LogP contribution in [0, 0.1) is 0 Å². The molecule has 2 aromatic rings. The second-order valence-electron chi connectivity index (χ2n) is 6.54. The maximum atomic E-state index is 12.6. The van der Waals surface area contributed by atoms with Crippen molar-refractivity contribution in [2.75, 3.05) is 36.4 Å². The Hall–Kier alpha value is -2.80. The molecule has 1 amide bonds. The molecule has 1 aliphatic heterocycles. The molecule has 7 nitrogen and oxygen atoms in total. The summed E-state index contributed by atoms with van der Waals surface area (Å²) in [5.74, 6) is 0.689. The molecule has 0 aliphatic carbocycles. The van der Waals surface area contributed by atoms with Gasteiger partial charge < -0.3 is 15.1 Å². The monoisotopic (exact) mass is 354 g/mol. The first-order valence-corrected chi connectivity index (χ1v) is 8.83. The van der Waals surface area contributed by atoms with Crippen LogP contribution in [0.2, 0.25) is 0 Å². The van der Waals surface area contributed by atoms with Crippen molar-refractivity contribution in [2.45, 2.75) is 19.9 Å². The highest BCUT2D eigenvalue weighted by molar-refractivity contribution is 5.97. The number of nitrogens with one attached hydrogen (secondary N) is 2. The summed E-state index contributed by atoms with van der Waals surface area (Å²) in [7, 11) is 0. The molecular formula is C19H24N5O2+. The molecule has 136 valence electrons. The van der Waals surface area contributed by atoms with Gasteiger partial charge in [-0.2, -0.15) is 0 Å². The van der Waals surface area contributed by atoms with Crippen molar-refractivity contribution in [3.05, 3.63) is 48.3 Å². The smallest absolute Gasteiger partial charge is 0.282 e. The van der Waals surface area contributed by atoms with Gasteiger partial charge >= 0.3 is 0 Å². The lowest BCUT2D eigenvalue weighted by Crippen LogP contribution is -3.19. The first kappa shape index (κ1) is 18.0. The van der Waals surface area contributed by atoms with Gasteiger partial charge in [-0.25, -0.2) is 9.97 Å². The van der Waals surface area contributed by atoms with Gasteiger partial charge in [0.1, 0.15) is 0 Å². The summed E-state index contributed by atoms with van der Waals surface area (Å²) in [6.45, 7) is 6.78. The number of Topliss-reactive ketones (excluding diaryl/α,β-unsaturated/α-hetero) is 1. The Morgan fingerprint density at radius 3 is 2.50 bits per heavy atom. The first-order valence-electron chi connectivity index (χ1n) is 8.83. The fourth-order valence-electron chi connectivity index (χ4n) is 3.13.